The summed E-state index contributed by atoms with van der Waals surface area (Å²) in [6.07, 6.45) is 3.89. The number of piperidine rings is 1. The van der Waals surface area contributed by atoms with Gasteiger partial charge in [0.25, 0.3) is 5.56 Å². The van der Waals surface area contributed by atoms with Crippen molar-refractivity contribution in [2.45, 2.75) is 52.2 Å². The van der Waals surface area contributed by atoms with Gasteiger partial charge in [0.1, 0.15) is 0 Å². The molecule has 1 atom stereocenters. The van der Waals surface area contributed by atoms with Crippen LogP contribution < -0.4 is 21.9 Å². The van der Waals surface area contributed by atoms with Gasteiger partial charge < -0.3 is 19.9 Å². The summed E-state index contributed by atoms with van der Waals surface area (Å²) in [6, 6.07) is 0.0276. The molecule has 3 heterocycles. The van der Waals surface area contributed by atoms with Gasteiger partial charge in [0.2, 0.25) is 5.95 Å². The van der Waals surface area contributed by atoms with Crippen LogP contribution in [0.3, 0.4) is 0 Å². The molecule has 0 saturated carbocycles. The molecule has 0 spiro atoms. The van der Waals surface area contributed by atoms with E-state index >= 15 is 0 Å². The maximum atomic E-state index is 13.1. The molecule has 1 unspecified atom stereocenters. The summed E-state index contributed by atoms with van der Waals surface area (Å²) in [6.45, 7) is 5.91. The summed E-state index contributed by atoms with van der Waals surface area (Å²) in [5.74, 6) is 0.183. The second kappa shape index (κ2) is 8.86. The Morgan fingerprint density at radius 2 is 2.03 bits per heavy atom. The Labute approximate surface area is 174 Å². The van der Waals surface area contributed by atoms with Crippen LogP contribution in [-0.4, -0.2) is 50.9 Å². The minimum absolute atomic E-state index is 0.00840. The molecule has 0 amide bonds. The van der Waals surface area contributed by atoms with E-state index in [1.165, 1.54) is 18.7 Å². The number of anilines is 1. The highest BCUT2D eigenvalue weighted by Gasteiger charge is 2.26. The van der Waals surface area contributed by atoms with Crippen molar-refractivity contribution in [3.8, 4) is 0 Å². The van der Waals surface area contributed by atoms with Gasteiger partial charge in [0.15, 0.2) is 11.2 Å². The summed E-state index contributed by atoms with van der Waals surface area (Å²) in [4.78, 5) is 44.3. The number of allylic oxidation sites excluding steroid dienone is 2. The number of esters is 1. The fourth-order valence-electron chi connectivity index (χ4n) is 3.73. The first-order valence-electron chi connectivity index (χ1n) is 10.1. The first-order valence-corrected chi connectivity index (χ1v) is 10.1. The molecular weight excluding hydrogens is 388 g/mol. The molecule has 0 radical (unpaired) electrons. The lowest BCUT2D eigenvalue weighted by molar-refractivity contribution is -0.140. The molecule has 30 heavy (non-hydrogen) atoms. The SMILES string of the molecule is COC(=O)CCn1c(=O)n(C)c(=O)c2c1nc(N1CCCC(N)C1)n2CC=C(C)C. The summed E-state index contributed by atoms with van der Waals surface area (Å²) < 4.78 is 8.98. The van der Waals surface area contributed by atoms with E-state index in [2.05, 4.69) is 4.90 Å². The molecular formula is C20H30N6O4. The minimum Gasteiger partial charge on any atom is -0.469 e. The molecule has 2 N–H and O–H groups in total. The second-order valence-electron chi connectivity index (χ2n) is 7.95. The number of aryl methyl sites for hydroxylation is 1. The second-order valence-corrected chi connectivity index (χ2v) is 7.95. The van der Waals surface area contributed by atoms with Crippen LogP contribution in [0.2, 0.25) is 0 Å². The fraction of sp³-hybridized carbons (Fsp3) is 0.600. The Balaban J connectivity index is 2.24. The molecule has 1 saturated heterocycles. The zero-order chi connectivity index (χ0) is 22.0. The van der Waals surface area contributed by atoms with Gasteiger partial charge >= 0.3 is 11.7 Å². The number of imidazole rings is 1. The number of carbonyl (C=O) groups is 1. The number of hydrogen-bond donors (Lipinski definition) is 1. The highest BCUT2D eigenvalue weighted by Crippen LogP contribution is 2.23. The lowest BCUT2D eigenvalue weighted by Gasteiger charge is -2.31. The third-order valence-electron chi connectivity index (χ3n) is 5.40. The highest BCUT2D eigenvalue weighted by molar-refractivity contribution is 5.75. The number of nitrogens with zero attached hydrogens (tertiary/aromatic N) is 5. The molecule has 2 aromatic rings. The molecule has 1 aliphatic rings. The van der Waals surface area contributed by atoms with Crippen LogP contribution in [-0.2, 0) is 29.7 Å². The van der Waals surface area contributed by atoms with Gasteiger partial charge in [-0.3, -0.25) is 18.7 Å². The Bertz CT molecular complexity index is 1090. The van der Waals surface area contributed by atoms with E-state index in [9.17, 15) is 14.4 Å². The molecule has 164 valence electrons. The Kier molecular flexibility index (Phi) is 6.45. The van der Waals surface area contributed by atoms with Crippen LogP contribution in [0.15, 0.2) is 21.2 Å². The van der Waals surface area contributed by atoms with Crippen LogP contribution in [0.25, 0.3) is 11.2 Å². The molecule has 1 fully saturated rings. The largest absolute Gasteiger partial charge is 0.469 e. The third-order valence-corrected chi connectivity index (χ3v) is 5.40. The van der Waals surface area contributed by atoms with Crippen LogP contribution in [0.4, 0.5) is 5.95 Å². The number of carbonyl (C=O) groups excluding carboxylic acids is 1. The summed E-state index contributed by atoms with van der Waals surface area (Å²) in [5, 5.41) is 0. The smallest absolute Gasteiger partial charge is 0.332 e. The fourth-order valence-corrected chi connectivity index (χ4v) is 3.73. The van der Waals surface area contributed by atoms with Gasteiger partial charge in [0, 0.05) is 39.3 Å². The van der Waals surface area contributed by atoms with Crippen molar-refractivity contribution < 1.29 is 9.53 Å². The normalized spacial score (nSPS) is 16.7. The van der Waals surface area contributed by atoms with E-state index in [0.29, 0.717) is 24.6 Å². The average Bonchev–Trinajstić information content (AvgIpc) is 3.09. The van der Waals surface area contributed by atoms with Crippen molar-refractivity contribution in [2.75, 3.05) is 25.1 Å². The van der Waals surface area contributed by atoms with Crippen molar-refractivity contribution in [3.05, 3.63) is 32.5 Å². The first-order chi connectivity index (χ1) is 14.2. The molecule has 0 aromatic carbocycles. The minimum atomic E-state index is -0.509. The first kappa shape index (κ1) is 21.8. The van der Waals surface area contributed by atoms with E-state index in [-0.39, 0.29) is 24.7 Å². The van der Waals surface area contributed by atoms with Crippen LogP contribution in [0.5, 0.6) is 0 Å². The zero-order valence-electron chi connectivity index (χ0n) is 18.1. The number of nitrogens with two attached hydrogens (primary N) is 1. The van der Waals surface area contributed by atoms with E-state index in [4.69, 9.17) is 15.5 Å². The van der Waals surface area contributed by atoms with E-state index in [1.807, 2.05) is 24.5 Å². The maximum Gasteiger partial charge on any atom is 0.332 e. The van der Waals surface area contributed by atoms with E-state index < -0.39 is 17.2 Å². The van der Waals surface area contributed by atoms with Crippen molar-refractivity contribution in [1.29, 1.82) is 0 Å². The average molecular weight is 418 g/mol. The molecule has 0 aliphatic carbocycles. The van der Waals surface area contributed by atoms with Crippen LogP contribution in [0.1, 0.15) is 33.1 Å². The lowest BCUT2D eigenvalue weighted by atomic mass is 10.1. The van der Waals surface area contributed by atoms with Crippen LogP contribution >= 0.6 is 0 Å². The number of fused-ring (bicyclic) bond motifs is 1. The maximum absolute atomic E-state index is 13.1. The summed E-state index contributed by atoms with van der Waals surface area (Å²) in [5.41, 5.74) is 6.98. The number of aromatic nitrogens is 4. The molecule has 10 nitrogen and oxygen atoms in total. The zero-order valence-corrected chi connectivity index (χ0v) is 18.1. The predicted molar refractivity (Wildman–Crippen MR) is 115 cm³/mol. The standard InChI is InChI=1S/C20H30N6O4/c1-13(2)7-10-25-16-17(22-19(25)24-9-5-6-14(21)12-24)26(11-8-15(27)30-4)20(29)23(3)18(16)28/h7,14H,5-6,8-12,21H2,1-4H3. The predicted octanol–water partition coefficient (Wildman–Crippen LogP) is 0.354. The lowest BCUT2D eigenvalue weighted by Crippen LogP contribution is -2.44. The summed E-state index contributed by atoms with van der Waals surface area (Å²) >= 11 is 0. The molecule has 2 aromatic heterocycles. The van der Waals surface area contributed by atoms with Crippen molar-refractivity contribution in [1.82, 2.24) is 18.7 Å². The van der Waals surface area contributed by atoms with Crippen LogP contribution in [0, 0.1) is 0 Å². The summed E-state index contributed by atoms with van der Waals surface area (Å²) in [7, 11) is 2.74. The molecule has 10 heteroatoms. The topological polar surface area (TPSA) is 117 Å². The molecule has 3 rings (SSSR count). The van der Waals surface area contributed by atoms with Gasteiger partial charge in [-0.25, -0.2) is 4.79 Å². The third kappa shape index (κ3) is 4.18. The number of ether oxygens (including phenoxy) is 1. The Hall–Kier alpha value is -2.88. The van der Waals surface area contributed by atoms with E-state index in [0.717, 1.165) is 29.5 Å². The highest BCUT2D eigenvalue weighted by atomic mass is 16.5. The van der Waals surface area contributed by atoms with Gasteiger partial charge in [0.05, 0.1) is 13.5 Å². The van der Waals surface area contributed by atoms with Gasteiger partial charge in [-0.2, -0.15) is 4.98 Å². The monoisotopic (exact) mass is 418 g/mol. The van der Waals surface area contributed by atoms with Gasteiger partial charge in [-0.1, -0.05) is 11.6 Å². The molecule has 1 aliphatic heterocycles. The molecule has 0 bridgehead atoms. The Morgan fingerprint density at radius 1 is 1.30 bits per heavy atom. The van der Waals surface area contributed by atoms with Gasteiger partial charge in [-0.15, -0.1) is 0 Å². The number of methoxy groups -OCH3 is 1. The van der Waals surface area contributed by atoms with Crippen molar-refractivity contribution in [3.63, 3.8) is 0 Å². The van der Waals surface area contributed by atoms with Crippen molar-refractivity contribution >= 4 is 23.1 Å². The van der Waals surface area contributed by atoms with Gasteiger partial charge in [-0.05, 0) is 26.7 Å². The quantitative estimate of drug-likeness (QED) is 0.531. The number of rotatable bonds is 6. The number of hydrogen-bond acceptors (Lipinski definition) is 7. The van der Waals surface area contributed by atoms with Crippen molar-refractivity contribution in [2.24, 2.45) is 12.8 Å². The van der Waals surface area contributed by atoms with E-state index in [1.54, 1.807) is 0 Å². The Morgan fingerprint density at radius 3 is 2.67 bits per heavy atom.